The summed E-state index contributed by atoms with van der Waals surface area (Å²) in [5, 5.41) is 1.04. The molecule has 5 heteroatoms. The van der Waals surface area contributed by atoms with Crippen LogP contribution in [0.5, 0.6) is 5.75 Å². The summed E-state index contributed by atoms with van der Waals surface area (Å²) in [6.45, 7) is 0.645. The van der Waals surface area contributed by atoms with Crippen molar-refractivity contribution in [2.75, 3.05) is 6.61 Å². The zero-order valence-electron chi connectivity index (χ0n) is 7.30. The summed E-state index contributed by atoms with van der Waals surface area (Å²) in [7, 11) is 0. The first-order valence-electron chi connectivity index (χ1n) is 4.06. The highest BCUT2D eigenvalue weighted by Crippen LogP contribution is 2.36. The molecule has 1 aromatic carbocycles. The molecule has 1 aromatic rings. The van der Waals surface area contributed by atoms with Gasteiger partial charge in [-0.3, -0.25) is 0 Å². The first-order chi connectivity index (χ1) is 6.18. The molecule has 0 radical (unpaired) electrons. The SMILES string of the molecule is Cl.N[C@H]1CCOc2cc(Cl)c(Cl)cc21. The van der Waals surface area contributed by atoms with Crippen LogP contribution >= 0.6 is 35.6 Å². The van der Waals surface area contributed by atoms with Crippen LogP contribution in [0.25, 0.3) is 0 Å². The largest absolute Gasteiger partial charge is 0.493 e. The van der Waals surface area contributed by atoms with E-state index < -0.39 is 0 Å². The minimum absolute atomic E-state index is 0. The van der Waals surface area contributed by atoms with Crippen LogP contribution in [0.1, 0.15) is 18.0 Å². The Morgan fingerprint density at radius 1 is 1.29 bits per heavy atom. The van der Waals surface area contributed by atoms with Crippen LogP contribution in [-0.2, 0) is 0 Å². The van der Waals surface area contributed by atoms with Gasteiger partial charge in [-0.2, -0.15) is 0 Å². The Labute approximate surface area is 98.7 Å². The molecular formula is C9H10Cl3NO. The van der Waals surface area contributed by atoms with Gasteiger partial charge in [0, 0.05) is 24.1 Å². The summed E-state index contributed by atoms with van der Waals surface area (Å²) in [5.74, 6) is 0.758. The van der Waals surface area contributed by atoms with Crippen LogP contribution in [0, 0.1) is 0 Å². The maximum atomic E-state index is 5.88. The average molecular weight is 255 g/mol. The molecule has 0 aromatic heterocycles. The summed E-state index contributed by atoms with van der Waals surface area (Å²) >= 11 is 11.7. The molecule has 1 aliphatic rings. The Hall–Kier alpha value is -0.150. The molecule has 0 bridgehead atoms. The molecule has 0 unspecified atom stereocenters. The Morgan fingerprint density at radius 3 is 2.64 bits per heavy atom. The van der Waals surface area contributed by atoms with E-state index in [9.17, 15) is 0 Å². The first-order valence-corrected chi connectivity index (χ1v) is 4.81. The number of ether oxygens (including phenoxy) is 1. The van der Waals surface area contributed by atoms with Gasteiger partial charge in [-0.15, -0.1) is 12.4 Å². The molecule has 2 N–H and O–H groups in total. The zero-order chi connectivity index (χ0) is 9.42. The number of nitrogens with two attached hydrogens (primary N) is 1. The molecule has 0 aliphatic carbocycles. The van der Waals surface area contributed by atoms with Crippen LogP contribution < -0.4 is 10.5 Å². The lowest BCUT2D eigenvalue weighted by Crippen LogP contribution is -2.20. The van der Waals surface area contributed by atoms with E-state index in [2.05, 4.69) is 0 Å². The van der Waals surface area contributed by atoms with Crippen molar-refractivity contribution in [3.05, 3.63) is 27.7 Å². The number of hydrogen-bond donors (Lipinski definition) is 1. The van der Waals surface area contributed by atoms with Crippen molar-refractivity contribution in [1.29, 1.82) is 0 Å². The van der Waals surface area contributed by atoms with E-state index in [0.717, 1.165) is 17.7 Å². The van der Waals surface area contributed by atoms with Crippen molar-refractivity contribution in [1.82, 2.24) is 0 Å². The fourth-order valence-corrected chi connectivity index (χ4v) is 1.74. The Morgan fingerprint density at radius 2 is 1.93 bits per heavy atom. The van der Waals surface area contributed by atoms with Crippen molar-refractivity contribution in [3.63, 3.8) is 0 Å². The third kappa shape index (κ3) is 2.09. The predicted octanol–water partition coefficient (Wildman–Crippen LogP) is 3.20. The number of rotatable bonds is 0. The molecule has 0 spiro atoms. The number of benzene rings is 1. The second-order valence-electron chi connectivity index (χ2n) is 3.05. The molecular weight excluding hydrogens is 244 g/mol. The number of halogens is 3. The molecule has 14 heavy (non-hydrogen) atoms. The average Bonchev–Trinajstić information content (AvgIpc) is 2.09. The second kappa shape index (κ2) is 4.58. The van der Waals surface area contributed by atoms with Gasteiger partial charge >= 0.3 is 0 Å². The van der Waals surface area contributed by atoms with Gasteiger partial charge in [0.25, 0.3) is 0 Å². The molecule has 0 saturated heterocycles. The first kappa shape index (κ1) is 11.9. The third-order valence-electron chi connectivity index (χ3n) is 2.14. The van der Waals surface area contributed by atoms with Crippen molar-refractivity contribution >= 4 is 35.6 Å². The molecule has 1 aliphatic heterocycles. The van der Waals surface area contributed by atoms with Crippen LogP contribution in [0.3, 0.4) is 0 Å². The van der Waals surface area contributed by atoms with E-state index in [1.807, 2.05) is 0 Å². The molecule has 2 nitrogen and oxygen atoms in total. The van der Waals surface area contributed by atoms with Crippen molar-refractivity contribution in [2.45, 2.75) is 12.5 Å². The summed E-state index contributed by atoms with van der Waals surface area (Å²) in [4.78, 5) is 0. The van der Waals surface area contributed by atoms with Crippen LogP contribution in [0.2, 0.25) is 10.0 Å². The number of fused-ring (bicyclic) bond motifs is 1. The fourth-order valence-electron chi connectivity index (χ4n) is 1.41. The lowest BCUT2D eigenvalue weighted by atomic mass is 10.0. The van der Waals surface area contributed by atoms with Crippen LogP contribution in [0.4, 0.5) is 0 Å². The topological polar surface area (TPSA) is 35.2 Å². The Bertz CT molecular complexity index is 343. The predicted molar refractivity (Wildman–Crippen MR) is 60.8 cm³/mol. The van der Waals surface area contributed by atoms with Gasteiger partial charge < -0.3 is 10.5 Å². The van der Waals surface area contributed by atoms with Crippen molar-refractivity contribution in [2.24, 2.45) is 5.73 Å². The molecule has 0 saturated carbocycles. The fraction of sp³-hybridized carbons (Fsp3) is 0.333. The third-order valence-corrected chi connectivity index (χ3v) is 2.86. The van der Waals surface area contributed by atoms with E-state index in [1.165, 1.54) is 0 Å². The number of hydrogen-bond acceptors (Lipinski definition) is 2. The van der Waals surface area contributed by atoms with Crippen molar-refractivity contribution in [3.8, 4) is 5.75 Å². The summed E-state index contributed by atoms with van der Waals surface area (Å²) in [6.07, 6.45) is 0.824. The minimum Gasteiger partial charge on any atom is -0.493 e. The maximum absolute atomic E-state index is 5.88. The van der Waals surface area contributed by atoms with Gasteiger partial charge in [0.15, 0.2) is 0 Å². The summed E-state index contributed by atoms with van der Waals surface area (Å²) in [5.41, 5.74) is 6.83. The van der Waals surface area contributed by atoms with E-state index in [-0.39, 0.29) is 18.4 Å². The zero-order valence-corrected chi connectivity index (χ0v) is 9.62. The summed E-state index contributed by atoms with van der Waals surface area (Å²) < 4.78 is 5.41. The quantitative estimate of drug-likeness (QED) is 0.772. The molecule has 78 valence electrons. The van der Waals surface area contributed by atoms with Gasteiger partial charge in [0.1, 0.15) is 5.75 Å². The van der Waals surface area contributed by atoms with Crippen molar-refractivity contribution < 1.29 is 4.74 Å². The standard InChI is InChI=1S/C9H9Cl2NO.ClH/c10-6-3-5-8(12)1-2-13-9(5)4-7(6)11;/h3-4,8H,1-2,12H2;1H/t8-;/m0./s1. The van der Waals surface area contributed by atoms with Crippen LogP contribution in [-0.4, -0.2) is 6.61 Å². The van der Waals surface area contributed by atoms with Gasteiger partial charge in [-0.1, -0.05) is 23.2 Å². The normalized spacial score (nSPS) is 19.2. The van der Waals surface area contributed by atoms with Gasteiger partial charge in [0.2, 0.25) is 0 Å². The highest BCUT2D eigenvalue weighted by molar-refractivity contribution is 6.42. The van der Waals surface area contributed by atoms with E-state index in [0.29, 0.717) is 16.7 Å². The highest BCUT2D eigenvalue weighted by Gasteiger charge is 2.19. The molecule has 1 atom stereocenters. The van der Waals surface area contributed by atoms with Gasteiger partial charge in [-0.05, 0) is 6.07 Å². The monoisotopic (exact) mass is 253 g/mol. The highest BCUT2D eigenvalue weighted by atomic mass is 35.5. The minimum atomic E-state index is 0. The second-order valence-corrected chi connectivity index (χ2v) is 3.86. The van der Waals surface area contributed by atoms with E-state index >= 15 is 0 Å². The van der Waals surface area contributed by atoms with Gasteiger partial charge in [-0.25, -0.2) is 0 Å². The smallest absolute Gasteiger partial charge is 0.125 e. The lowest BCUT2D eigenvalue weighted by molar-refractivity contribution is 0.269. The molecule has 0 amide bonds. The lowest BCUT2D eigenvalue weighted by Gasteiger charge is -2.23. The van der Waals surface area contributed by atoms with E-state index in [1.54, 1.807) is 12.1 Å². The molecule has 1 heterocycles. The van der Waals surface area contributed by atoms with E-state index in [4.69, 9.17) is 33.7 Å². The van der Waals surface area contributed by atoms with Crippen LogP contribution in [0.15, 0.2) is 12.1 Å². The molecule has 0 fully saturated rings. The molecule has 2 rings (SSSR count). The van der Waals surface area contributed by atoms with Gasteiger partial charge in [0.05, 0.1) is 16.7 Å². The maximum Gasteiger partial charge on any atom is 0.125 e. The Balaban J connectivity index is 0.000000980. The summed E-state index contributed by atoms with van der Waals surface area (Å²) in [6, 6.07) is 3.51. The Kier molecular flexibility index (Phi) is 3.90.